The molecule has 96 valence electrons. The number of hydrogen-bond donors (Lipinski definition) is 0. The van der Waals surface area contributed by atoms with E-state index in [0.29, 0.717) is 15.6 Å². The zero-order valence-corrected chi connectivity index (χ0v) is 11.5. The van der Waals surface area contributed by atoms with Crippen LogP contribution < -0.4 is 0 Å². The highest BCUT2D eigenvalue weighted by Crippen LogP contribution is 2.32. The lowest BCUT2D eigenvalue weighted by atomic mass is 10.1. The fourth-order valence-corrected chi connectivity index (χ4v) is 2.00. The highest BCUT2D eigenvalue weighted by atomic mass is 35.5. The van der Waals surface area contributed by atoms with Crippen molar-refractivity contribution in [1.82, 2.24) is 4.90 Å². The molecule has 0 aliphatic heterocycles. The molecule has 0 aromatic heterocycles. The predicted octanol–water partition coefficient (Wildman–Crippen LogP) is 2.66. The van der Waals surface area contributed by atoms with Crippen LogP contribution in [0, 0.1) is 11.3 Å². The Morgan fingerprint density at radius 2 is 2.22 bits per heavy atom. The molecule has 0 aliphatic rings. The van der Waals surface area contributed by atoms with Gasteiger partial charge in [-0.25, -0.2) is 4.79 Å². The normalized spacial score (nSPS) is 12.0. The summed E-state index contributed by atoms with van der Waals surface area (Å²) in [4.78, 5) is 13.4. The summed E-state index contributed by atoms with van der Waals surface area (Å²) in [7, 11) is 2.93. The van der Waals surface area contributed by atoms with Gasteiger partial charge in [0, 0.05) is 5.56 Å². The molecule has 0 fully saturated rings. The Morgan fingerprint density at radius 3 is 2.78 bits per heavy atom. The Labute approximate surface area is 116 Å². The minimum atomic E-state index is -0.749. The van der Waals surface area contributed by atoms with Gasteiger partial charge < -0.3 is 4.74 Å². The fraction of sp³-hybridized carbons (Fsp3) is 0.333. The van der Waals surface area contributed by atoms with E-state index in [0.717, 1.165) is 0 Å². The van der Waals surface area contributed by atoms with E-state index in [1.54, 1.807) is 30.1 Å². The van der Waals surface area contributed by atoms with Crippen molar-refractivity contribution >= 4 is 29.2 Å². The van der Waals surface area contributed by atoms with Gasteiger partial charge in [0.25, 0.3) is 0 Å². The number of rotatable bonds is 4. The molecule has 1 aromatic carbocycles. The van der Waals surface area contributed by atoms with Gasteiger partial charge in [0.1, 0.15) is 6.04 Å². The molecule has 0 heterocycles. The van der Waals surface area contributed by atoms with Gasteiger partial charge in [0.15, 0.2) is 0 Å². The van der Waals surface area contributed by atoms with Gasteiger partial charge in [-0.1, -0.05) is 35.3 Å². The van der Waals surface area contributed by atoms with E-state index in [4.69, 9.17) is 33.2 Å². The molecular formula is C12H12Cl2N2O2. The number of hydrogen-bond acceptors (Lipinski definition) is 4. The first-order chi connectivity index (χ1) is 8.52. The molecule has 0 radical (unpaired) electrons. The number of methoxy groups -OCH3 is 1. The molecule has 0 unspecified atom stereocenters. The van der Waals surface area contributed by atoms with Crippen molar-refractivity contribution < 1.29 is 9.53 Å². The first-order valence-corrected chi connectivity index (χ1v) is 5.87. The molecule has 0 aliphatic carbocycles. The number of esters is 1. The number of ether oxygens (including phenoxy) is 1. The van der Waals surface area contributed by atoms with Crippen LogP contribution >= 0.6 is 23.2 Å². The Morgan fingerprint density at radius 1 is 1.56 bits per heavy atom. The van der Waals surface area contributed by atoms with E-state index in [2.05, 4.69) is 0 Å². The summed E-state index contributed by atoms with van der Waals surface area (Å²) in [6.07, 6.45) is 0. The van der Waals surface area contributed by atoms with Crippen LogP contribution in [0.25, 0.3) is 0 Å². The third kappa shape index (κ3) is 3.14. The van der Waals surface area contributed by atoms with Gasteiger partial charge >= 0.3 is 5.97 Å². The number of benzene rings is 1. The Hall–Kier alpha value is -1.28. The monoisotopic (exact) mass is 286 g/mol. The maximum Gasteiger partial charge on any atom is 0.327 e. The van der Waals surface area contributed by atoms with Crippen LogP contribution in [-0.2, 0) is 9.53 Å². The van der Waals surface area contributed by atoms with Crippen molar-refractivity contribution in [3.8, 4) is 6.07 Å². The van der Waals surface area contributed by atoms with E-state index >= 15 is 0 Å². The second-order valence-corrected chi connectivity index (χ2v) is 4.43. The van der Waals surface area contributed by atoms with Crippen LogP contribution in [0.15, 0.2) is 18.2 Å². The summed E-state index contributed by atoms with van der Waals surface area (Å²) >= 11 is 12.0. The molecule has 0 spiro atoms. The van der Waals surface area contributed by atoms with E-state index < -0.39 is 12.0 Å². The number of halogens is 2. The summed E-state index contributed by atoms with van der Waals surface area (Å²) in [6.45, 7) is 0.0720. The highest BCUT2D eigenvalue weighted by molar-refractivity contribution is 6.42. The second kappa shape index (κ2) is 6.60. The lowest BCUT2D eigenvalue weighted by Crippen LogP contribution is -2.32. The average molecular weight is 287 g/mol. The van der Waals surface area contributed by atoms with Crippen molar-refractivity contribution in [2.75, 3.05) is 20.7 Å². The van der Waals surface area contributed by atoms with Crippen molar-refractivity contribution in [1.29, 1.82) is 5.26 Å². The quantitative estimate of drug-likeness (QED) is 0.631. The first kappa shape index (κ1) is 14.8. The third-order valence-electron chi connectivity index (χ3n) is 2.46. The standard InChI is InChI=1S/C12H12Cl2N2O2/c1-16(7-6-15)11(12(17)18-2)8-4-3-5-9(13)10(8)14/h3-5,11H,7H2,1-2H3/t11-/m1/s1. The molecule has 0 saturated heterocycles. The van der Waals surface area contributed by atoms with Crippen molar-refractivity contribution in [2.45, 2.75) is 6.04 Å². The summed E-state index contributed by atoms with van der Waals surface area (Å²) in [6, 6.07) is 6.23. The highest BCUT2D eigenvalue weighted by Gasteiger charge is 2.28. The number of carbonyl (C=O) groups is 1. The number of nitriles is 1. The van der Waals surface area contributed by atoms with E-state index in [-0.39, 0.29) is 6.54 Å². The van der Waals surface area contributed by atoms with Crippen LogP contribution in [-0.4, -0.2) is 31.6 Å². The summed E-state index contributed by atoms with van der Waals surface area (Å²) in [5.74, 6) is -0.489. The topological polar surface area (TPSA) is 53.3 Å². The molecule has 0 amide bonds. The van der Waals surface area contributed by atoms with Crippen molar-refractivity contribution in [3.63, 3.8) is 0 Å². The Kier molecular flexibility index (Phi) is 5.42. The summed E-state index contributed by atoms with van der Waals surface area (Å²) < 4.78 is 4.74. The molecule has 0 N–H and O–H groups in total. The van der Waals surface area contributed by atoms with Crippen LogP contribution in [0.4, 0.5) is 0 Å². The molecule has 6 heteroatoms. The van der Waals surface area contributed by atoms with Crippen LogP contribution in [0.3, 0.4) is 0 Å². The minimum Gasteiger partial charge on any atom is -0.468 e. The van der Waals surface area contributed by atoms with E-state index in [1.165, 1.54) is 7.11 Å². The van der Waals surface area contributed by atoms with Crippen LogP contribution in [0.1, 0.15) is 11.6 Å². The molecule has 4 nitrogen and oxygen atoms in total. The predicted molar refractivity (Wildman–Crippen MR) is 69.5 cm³/mol. The van der Waals surface area contributed by atoms with Gasteiger partial charge in [-0.05, 0) is 13.1 Å². The van der Waals surface area contributed by atoms with E-state index in [1.807, 2.05) is 6.07 Å². The average Bonchev–Trinajstić information content (AvgIpc) is 2.35. The van der Waals surface area contributed by atoms with Gasteiger partial charge in [-0.2, -0.15) is 5.26 Å². The number of likely N-dealkylation sites (N-methyl/N-ethyl adjacent to an activating group) is 1. The number of nitrogens with zero attached hydrogens (tertiary/aromatic N) is 2. The summed E-state index contributed by atoms with van der Waals surface area (Å²) in [5, 5.41) is 9.35. The minimum absolute atomic E-state index is 0.0720. The lowest BCUT2D eigenvalue weighted by Gasteiger charge is -2.24. The van der Waals surface area contributed by atoms with Crippen molar-refractivity contribution in [2.24, 2.45) is 0 Å². The molecule has 1 atom stereocenters. The van der Waals surface area contributed by atoms with Gasteiger partial charge in [-0.15, -0.1) is 0 Å². The molecule has 0 saturated carbocycles. The number of carbonyl (C=O) groups excluding carboxylic acids is 1. The molecule has 0 bridgehead atoms. The largest absolute Gasteiger partial charge is 0.468 e. The molecular weight excluding hydrogens is 275 g/mol. The van der Waals surface area contributed by atoms with Gasteiger partial charge in [0.2, 0.25) is 0 Å². The van der Waals surface area contributed by atoms with Gasteiger partial charge in [-0.3, -0.25) is 4.90 Å². The van der Waals surface area contributed by atoms with Crippen LogP contribution in [0.2, 0.25) is 10.0 Å². The fourth-order valence-electron chi connectivity index (χ4n) is 1.59. The maximum absolute atomic E-state index is 11.8. The zero-order valence-electron chi connectivity index (χ0n) is 9.98. The van der Waals surface area contributed by atoms with Crippen molar-refractivity contribution in [3.05, 3.63) is 33.8 Å². The molecule has 1 rings (SSSR count). The maximum atomic E-state index is 11.8. The smallest absolute Gasteiger partial charge is 0.327 e. The third-order valence-corrected chi connectivity index (χ3v) is 3.29. The summed E-state index contributed by atoms with van der Waals surface area (Å²) in [5.41, 5.74) is 0.522. The molecule has 1 aromatic rings. The SMILES string of the molecule is COC(=O)[C@@H](c1cccc(Cl)c1Cl)N(C)CC#N. The zero-order chi connectivity index (χ0) is 13.7. The second-order valence-electron chi connectivity index (χ2n) is 3.64. The lowest BCUT2D eigenvalue weighted by molar-refractivity contribution is -0.146. The van der Waals surface area contributed by atoms with Crippen LogP contribution in [0.5, 0.6) is 0 Å². The van der Waals surface area contributed by atoms with E-state index in [9.17, 15) is 4.79 Å². The Balaban J connectivity index is 3.22. The first-order valence-electron chi connectivity index (χ1n) is 5.11. The Bertz CT molecular complexity index is 485. The molecule has 18 heavy (non-hydrogen) atoms. The van der Waals surface area contributed by atoms with Gasteiger partial charge in [0.05, 0.1) is 29.8 Å².